The maximum Gasteiger partial charge on any atom is 0.187 e. The normalized spacial score (nSPS) is 44.7. The molecule has 0 aromatic rings. The summed E-state index contributed by atoms with van der Waals surface area (Å²) in [5.41, 5.74) is 0.886. The highest BCUT2D eigenvalue weighted by atomic mass is 16.7. The fourth-order valence-electron chi connectivity index (χ4n) is 4.03. The predicted molar refractivity (Wildman–Crippen MR) is 96.9 cm³/mol. The summed E-state index contributed by atoms with van der Waals surface area (Å²) in [6.45, 7) is 5.96. The minimum absolute atomic E-state index is 0.196. The van der Waals surface area contributed by atoms with Crippen LogP contribution in [0.2, 0.25) is 0 Å². The molecule has 9 heteroatoms. The van der Waals surface area contributed by atoms with E-state index in [-0.39, 0.29) is 6.42 Å². The van der Waals surface area contributed by atoms with Gasteiger partial charge in [-0.05, 0) is 31.8 Å². The summed E-state index contributed by atoms with van der Waals surface area (Å²) < 4.78 is 11.0. The molecule has 3 unspecified atom stereocenters. The molecule has 1 saturated heterocycles. The van der Waals surface area contributed by atoms with Gasteiger partial charge in [0.25, 0.3) is 0 Å². The molecule has 2 fully saturated rings. The van der Waals surface area contributed by atoms with Crippen LogP contribution in [0.3, 0.4) is 0 Å². The van der Waals surface area contributed by atoms with Crippen LogP contribution >= 0.6 is 0 Å². The van der Waals surface area contributed by atoms with E-state index in [1.807, 2.05) is 13.8 Å². The Hall–Kier alpha value is -0.840. The van der Waals surface area contributed by atoms with Gasteiger partial charge in [0.2, 0.25) is 0 Å². The molecule has 7 N–H and O–H groups in total. The van der Waals surface area contributed by atoms with Crippen LogP contribution in [0.25, 0.3) is 0 Å². The number of ether oxygens (including phenoxy) is 2. The SMILES string of the molecule is C[C@H](O)C=C=C1C(C)(C)CC(O)C(O[C@@H]2O[C@H](CO)[C@@H](O)[C@H](O)[C@H]2O)C1(C)O. The third kappa shape index (κ3) is 4.49. The van der Waals surface area contributed by atoms with Gasteiger partial charge < -0.3 is 45.2 Å². The summed E-state index contributed by atoms with van der Waals surface area (Å²) in [5, 5.41) is 70.6. The average molecular weight is 404 g/mol. The molecular formula is C19H32O9. The van der Waals surface area contributed by atoms with Gasteiger partial charge in [-0.1, -0.05) is 13.8 Å². The Balaban J connectivity index is 2.35. The van der Waals surface area contributed by atoms with Crippen LogP contribution < -0.4 is 0 Å². The van der Waals surface area contributed by atoms with Crippen molar-refractivity contribution in [3.05, 3.63) is 17.4 Å². The Morgan fingerprint density at radius 1 is 1.18 bits per heavy atom. The topological polar surface area (TPSA) is 160 Å². The molecule has 162 valence electrons. The van der Waals surface area contributed by atoms with Crippen LogP contribution in [0.15, 0.2) is 17.4 Å². The minimum Gasteiger partial charge on any atom is -0.394 e. The van der Waals surface area contributed by atoms with E-state index in [9.17, 15) is 35.7 Å². The van der Waals surface area contributed by atoms with Gasteiger partial charge in [0.15, 0.2) is 6.29 Å². The van der Waals surface area contributed by atoms with Gasteiger partial charge in [0.1, 0.15) is 36.1 Å². The van der Waals surface area contributed by atoms with Crippen molar-refractivity contribution in [1.29, 1.82) is 0 Å². The lowest BCUT2D eigenvalue weighted by Crippen LogP contribution is -2.64. The van der Waals surface area contributed by atoms with E-state index >= 15 is 0 Å². The van der Waals surface area contributed by atoms with Gasteiger partial charge in [-0.3, -0.25) is 0 Å². The van der Waals surface area contributed by atoms with E-state index in [0.717, 1.165) is 0 Å². The van der Waals surface area contributed by atoms with Gasteiger partial charge in [0, 0.05) is 5.57 Å². The monoisotopic (exact) mass is 404 g/mol. The van der Waals surface area contributed by atoms with Crippen LogP contribution in [0.1, 0.15) is 34.1 Å². The molecule has 9 nitrogen and oxygen atoms in total. The van der Waals surface area contributed by atoms with Crippen LogP contribution in [-0.2, 0) is 9.47 Å². The predicted octanol–water partition coefficient (Wildman–Crippen LogP) is -1.82. The third-order valence-electron chi connectivity index (χ3n) is 5.40. The zero-order valence-electron chi connectivity index (χ0n) is 16.6. The standard InChI is InChI=1S/C19H32O9/c1-9(21)5-6-12-18(2,3)7-10(22)16(19(12,4)26)28-17-15(25)14(24)13(23)11(8-20)27-17/h5,9-11,13-17,20-26H,7-8H2,1-4H3/t6?,9-,10?,11+,13+,14-,15+,16?,17-,19?/m0/s1. The van der Waals surface area contributed by atoms with E-state index in [1.165, 1.54) is 19.9 Å². The Labute approximate surface area is 164 Å². The number of hydrogen-bond acceptors (Lipinski definition) is 9. The van der Waals surface area contributed by atoms with Crippen molar-refractivity contribution in [3.63, 3.8) is 0 Å². The first-order chi connectivity index (χ1) is 12.8. The number of aliphatic hydroxyl groups is 7. The van der Waals surface area contributed by atoms with Crippen molar-refractivity contribution in [2.24, 2.45) is 5.41 Å². The first-order valence-corrected chi connectivity index (χ1v) is 9.35. The molecule has 0 spiro atoms. The number of hydrogen-bond donors (Lipinski definition) is 7. The fourth-order valence-corrected chi connectivity index (χ4v) is 4.03. The average Bonchev–Trinajstić information content (AvgIpc) is 2.56. The van der Waals surface area contributed by atoms with Crippen molar-refractivity contribution >= 4 is 0 Å². The van der Waals surface area contributed by atoms with Crippen LogP contribution in [0.5, 0.6) is 0 Å². The summed E-state index contributed by atoms with van der Waals surface area (Å²) in [6.07, 6.45) is -9.12. The molecule has 1 saturated carbocycles. The van der Waals surface area contributed by atoms with Crippen molar-refractivity contribution in [3.8, 4) is 0 Å². The molecular weight excluding hydrogens is 372 g/mol. The zero-order valence-corrected chi connectivity index (χ0v) is 16.6. The first kappa shape index (κ1) is 23.4. The van der Waals surface area contributed by atoms with Crippen molar-refractivity contribution in [1.82, 2.24) is 0 Å². The minimum atomic E-state index is -1.74. The highest BCUT2D eigenvalue weighted by molar-refractivity contribution is 5.29. The van der Waals surface area contributed by atoms with E-state index in [0.29, 0.717) is 5.57 Å². The maximum atomic E-state index is 11.2. The molecule has 9 atom stereocenters. The van der Waals surface area contributed by atoms with E-state index < -0.39 is 66.6 Å². The zero-order chi connectivity index (χ0) is 21.4. The molecule has 0 radical (unpaired) electrons. The van der Waals surface area contributed by atoms with Gasteiger partial charge >= 0.3 is 0 Å². The molecule has 0 amide bonds. The highest BCUT2D eigenvalue weighted by Gasteiger charge is 2.55. The largest absolute Gasteiger partial charge is 0.394 e. The maximum absolute atomic E-state index is 11.2. The molecule has 0 aromatic heterocycles. The lowest BCUT2D eigenvalue weighted by atomic mass is 9.64. The lowest BCUT2D eigenvalue weighted by molar-refractivity contribution is -0.332. The Bertz CT molecular complexity index is 607. The molecule has 2 rings (SSSR count). The molecule has 28 heavy (non-hydrogen) atoms. The quantitative estimate of drug-likeness (QED) is 0.268. The summed E-state index contributed by atoms with van der Waals surface area (Å²) in [4.78, 5) is 0. The number of rotatable bonds is 4. The van der Waals surface area contributed by atoms with Crippen LogP contribution in [0, 0.1) is 5.41 Å². The summed E-state index contributed by atoms with van der Waals surface area (Å²) in [7, 11) is 0. The Morgan fingerprint density at radius 2 is 1.79 bits per heavy atom. The molecule has 0 bridgehead atoms. The van der Waals surface area contributed by atoms with Gasteiger partial charge in [-0.2, -0.15) is 0 Å². The van der Waals surface area contributed by atoms with Gasteiger partial charge in [0.05, 0.1) is 18.8 Å². The third-order valence-corrected chi connectivity index (χ3v) is 5.40. The molecule has 1 heterocycles. The van der Waals surface area contributed by atoms with Crippen LogP contribution in [0.4, 0.5) is 0 Å². The van der Waals surface area contributed by atoms with Crippen molar-refractivity contribution in [2.75, 3.05) is 6.61 Å². The lowest BCUT2D eigenvalue weighted by Gasteiger charge is -2.50. The summed E-state index contributed by atoms with van der Waals surface area (Å²) in [6, 6.07) is 0. The van der Waals surface area contributed by atoms with E-state index in [4.69, 9.17) is 9.47 Å². The fraction of sp³-hybridized carbons (Fsp3) is 0.842. The van der Waals surface area contributed by atoms with Gasteiger partial charge in [-0.15, -0.1) is 5.73 Å². The van der Waals surface area contributed by atoms with E-state index in [1.54, 1.807) is 0 Å². The second-order valence-corrected chi connectivity index (χ2v) is 8.48. The molecule has 1 aliphatic heterocycles. The van der Waals surface area contributed by atoms with Crippen molar-refractivity contribution in [2.45, 2.75) is 88.7 Å². The number of aliphatic hydroxyl groups excluding tert-OH is 6. The summed E-state index contributed by atoms with van der Waals surface area (Å²) >= 11 is 0. The van der Waals surface area contributed by atoms with E-state index in [2.05, 4.69) is 5.73 Å². The Morgan fingerprint density at radius 3 is 2.32 bits per heavy atom. The molecule has 2 aliphatic rings. The molecule has 1 aliphatic carbocycles. The second kappa shape index (κ2) is 8.49. The highest BCUT2D eigenvalue weighted by Crippen LogP contribution is 2.47. The van der Waals surface area contributed by atoms with Gasteiger partial charge in [-0.25, -0.2) is 0 Å². The van der Waals surface area contributed by atoms with Crippen LogP contribution in [-0.4, -0.2) is 97.0 Å². The second-order valence-electron chi connectivity index (χ2n) is 8.48. The Kier molecular flexibility index (Phi) is 7.11. The molecule has 0 aromatic carbocycles. The summed E-state index contributed by atoms with van der Waals surface area (Å²) in [5.74, 6) is 0. The smallest absolute Gasteiger partial charge is 0.187 e. The van der Waals surface area contributed by atoms with Crippen molar-refractivity contribution < 1.29 is 45.2 Å². The first-order valence-electron chi connectivity index (χ1n) is 9.35.